The maximum absolute atomic E-state index is 13.9. The van der Waals surface area contributed by atoms with E-state index < -0.39 is 0 Å². The van der Waals surface area contributed by atoms with Gasteiger partial charge < -0.3 is 24.4 Å². The molecule has 0 fully saturated rings. The Hall–Kier alpha value is -4.23. The smallest absolute Gasteiger partial charge is 0.322 e. The molecular weight excluding hydrogens is 524 g/mol. The number of urea groups is 1. The highest BCUT2D eigenvalue weighted by Gasteiger charge is 2.33. The van der Waals surface area contributed by atoms with E-state index in [0.29, 0.717) is 36.1 Å². The Morgan fingerprint density at radius 3 is 2.55 bits per heavy atom. The van der Waals surface area contributed by atoms with Crippen molar-refractivity contribution in [3.05, 3.63) is 113 Å². The molecule has 8 heteroatoms. The molecule has 2 heterocycles. The highest BCUT2D eigenvalue weighted by Crippen LogP contribution is 2.35. The van der Waals surface area contributed by atoms with Crippen LogP contribution in [0.5, 0.6) is 11.5 Å². The Labute approximate surface area is 239 Å². The van der Waals surface area contributed by atoms with E-state index in [9.17, 15) is 9.59 Å². The summed E-state index contributed by atoms with van der Waals surface area (Å²) >= 11 is 6.25. The molecule has 4 aromatic rings. The number of amides is 3. The third-order valence-electron chi connectivity index (χ3n) is 7.04. The standard InChI is InChI=1S/C32H33ClN4O3/c1-3-16-36(32(39)34-25-15-14-23(2)28(33)21-25)22-30(38)37-19-18-35-17-8-13-29(35)31(37)24-9-7-12-27(20-24)40-26-10-5-4-6-11-26/h4-15,17,20-21,31H,3,16,18-19,22H2,1-2H3,(H,34,39)/t31-/m1/s1. The Morgan fingerprint density at radius 2 is 1.77 bits per heavy atom. The van der Waals surface area contributed by atoms with Gasteiger partial charge >= 0.3 is 6.03 Å². The van der Waals surface area contributed by atoms with Gasteiger partial charge in [-0.2, -0.15) is 0 Å². The van der Waals surface area contributed by atoms with Crippen molar-refractivity contribution in [3.63, 3.8) is 0 Å². The molecule has 0 saturated heterocycles. The Bertz CT molecular complexity index is 1490. The van der Waals surface area contributed by atoms with Crippen LogP contribution in [-0.2, 0) is 11.3 Å². The molecule has 40 heavy (non-hydrogen) atoms. The van der Waals surface area contributed by atoms with Crippen molar-refractivity contribution in [2.45, 2.75) is 32.9 Å². The molecule has 1 atom stereocenters. The molecular formula is C32H33ClN4O3. The quantitative estimate of drug-likeness (QED) is 0.251. The molecule has 3 amide bonds. The number of hydrogen-bond donors (Lipinski definition) is 1. The number of aromatic nitrogens is 1. The Balaban J connectivity index is 1.38. The molecule has 0 unspecified atom stereocenters. The summed E-state index contributed by atoms with van der Waals surface area (Å²) in [5.74, 6) is 1.33. The number of fused-ring (bicyclic) bond motifs is 1. The highest BCUT2D eigenvalue weighted by atomic mass is 35.5. The van der Waals surface area contributed by atoms with Gasteiger partial charge in [-0.05, 0) is 73.0 Å². The molecule has 1 aliphatic heterocycles. The van der Waals surface area contributed by atoms with Crippen LogP contribution < -0.4 is 10.1 Å². The number of anilines is 1. The van der Waals surface area contributed by atoms with Crippen molar-refractivity contribution in [2.75, 3.05) is 25.0 Å². The van der Waals surface area contributed by atoms with Crippen molar-refractivity contribution in [3.8, 4) is 11.5 Å². The maximum Gasteiger partial charge on any atom is 0.322 e. The number of carbonyl (C=O) groups is 2. The fourth-order valence-corrected chi connectivity index (χ4v) is 5.21. The minimum Gasteiger partial charge on any atom is -0.457 e. The van der Waals surface area contributed by atoms with Crippen LogP contribution in [0.1, 0.15) is 36.2 Å². The molecule has 0 spiro atoms. The van der Waals surface area contributed by atoms with Gasteiger partial charge in [-0.15, -0.1) is 0 Å². The number of rotatable bonds is 8. The third kappa shape index (κ3) is 6.15. The van der Waals surface area contributed by atoms with Crippen LogP contribution in [0.15, 0.2) is 91.1 Å². The third-order valence-corrected chi connectivity index (χ3v) is 7.45. The van der Waals surface area contributed by atoms with Crippen LogP contribution in [0.2, 0.25) is 5.02 Å². The molecule has 1 aliphatic rings. The van der Waals surface area contributed by atoms with Crippen molar-refractivity contribution in [1.82, 2.24) is 14.4 Å². The number of para-hydroxylation sites is 1. The zero-order chi connectivity index (χ0) is 28.1. The normalized spacial score (nSPS) is 14.4. The number of nitrogens with one attached hydrogen (secondary N) is 1. The molecule has 0 bridgehead atoms. The van der Waals surface area contributed by atoms with Gasteiger partial charge in [0.25, 0.3) is 0 Å². The van der Waals surface area contributed by atoms with E-state index in [1.165, 1.54) is 0 Å². The highest BCUT2D eigenvalue weighted by molar-refractivity contribution is 6.31. The lowest BCUT2D eigenvalue weighted by Crippen LogP contribution is -2.48. The summed E-state index contributed by atoms with van der Waals surface area (Å²) in [6.45, 7) is 5.53. The summed E-state index contributed by atoms with van der Waals surface area (Å²) in [5, 5.41) is 3.48. The van der Waals surface area contributed by atoms with Crippen molar-refractivity contribution >= 4 is 29.2 Å². The van der Waals surface area contributed by atoms with Crippen LogP contribution in [0, 0.1) is 6.92 Å². The largest absolute Gasteiger partial charge is 0.457 e. The predicted octanol–water partition coefficient (Wildman–Crippen LogP) is 7.12. The van der Waals surface area contributed by atoms with E-state index in [2.05, 4.69) is 9.88 Å². The van der Waals surface area contributed by atoms with E-state index in [1.807, 2.05) is 104 Å². The average molecular weight is 557 g/mol. The first-order chi connectivity index (χ1) is 19.4. The van der Waals surface area contributed by atoms with Gasteiger partial charge in [0.05, 0.1) is 6.04 Å². The van der Waals surface area contributed by atoms with Crippen LogP contribution >= 0.6 is 11.6 Å². The lowest BCUT2D eigenvalue weighted by molar-refractivity contribution is -0.134. The van der Waals surface area contributed by atoms with E-state index in [1.54, 1.807) is 11.0 Å². The lowest BCUT2D eigenvalue weighted by atomic mass is 9.99. The lowest BCUT2D eigenvalue weighted by Gasteiger charge is -2.38. The Morgan fingerprint density at radius 1 is 0.975 bits per heavy atom. The number of halogens is 1. The monoisotopic (exact) mass is 556 g/mol. The number of nitrogens with zero attached hydrogens (tertiary/aromatic N) is 3. The molecule has 1 aromatic heterocycles. The first-order valence-electron chi connectivity index (χ1n) is 13.5. The van der Waals surface area contributed by atoms with E-state index in [0.717, 1.165) is 29.0 Å². The van der Waals surface area contributed by atoms with Gasteiger partial charge in [0.15, 0.2) is 0 Å². The molecule has 0 aliphatic carbocycles. The molecule has 3 aromatic carbocycles. The van der Waals surface area contributed by atoms with Crippen LogP contribution in [0.3, 0.4) is 0 Å². The van der Waals surface area contributed by atoms with Crippen LogP contribution in [-0.4, -0.2) is 45.9 Å². The minimum absolute atomic E-state index is 0.0311. The van der Waals surface area contributed by atoms with E-state index in [4.69, 9.17) is 16.3 Å². The minimum atomic E-state index is -0.328. The van der Waals surface area contributed by atoms with Gasteiger partial charge in [0, 0.05) is 42.2 Å². The first-order valence-corrected chi connectivity index (χ1v) is 13.9. The Kier molecular flexibility index (Phi) is 8.41. The zero-order valence-electron chi connectivity index (χ0n) is 22.7. The summed E-state index contributed by atoms with van der Waals surface area (Å²) in [5.41, 5.74) is 3.50. The number of carbonyl (C=O) groups excluding carboxylic acids is 2. The van der Waals surface area contributed by atoms with Gasteiger partial charge in [0.2, 0.25) is 5.91 Å². The molecule has 0 radical (unpaired) electrons. The second-order valence-electron chi connectivity index (χ2n) is 9.92. The fraction of sp³-hybridized carbons (Fsp3) is 0.250. The summed E-state index contributed by atoms with van der Waals surface area (Å²) in [4.78, 5) is 30.5. The summed E-state index contributed by atoms with van der Waals surface area (Å²) < 4.78 is 8.27. The predicted molar refractivity (Wildman–Crippen MR) is 158 cm³/mol. The average Bonchev–Trinajstić information content (AvgIpc) is 3.44. The first kappa shape index (κ1) is 27.3. The van der Waals surface area contributed by atoms with Crippen molar-refractivity contribution < 1.29 is 14.3 Å². The number of hydrogen-bond acceptors (Lipinski definition) is 3. The van der Waals surface area contributed by atoms with E-state index in [-0.39, 0.29) is 24.5 Å². The van der Waals surface area contributed by atoms with Crippen molar-refractivity contribution in [2.24, 2.45) is 0 Å². The summed E-state index contributed by atoms with van der Waals surface area (Å²) in [6, 6.07) is 26.3. The topological polar surface area (TPSA) is 66.8 Å². The van der Waals surface area contributed by atoms with Gasteiger partial charge in [-0.25, -0.2) is 4.79 Å². The molecule has 206 valence electrons. The van der Waals surface area contributed by atoms with Gasteiger partial charge in [-0.3, -0.25) is 4.79 Å². The number of benzene rings is 3. The van der Waals surface area contributed by atoms with E-state index >= 15 is 0 Å². The number of ether oxygens (including phenoxy) is 1. The molecule has 7 nitrogen and oxygen atoms in total. The second kappa shape index (κ2) is 12.3. The maximum atomic E-state index is 13.9. The molecule has 5 rings (SSSR count). The van der Waals surface area contributed by atoms with Crippen LogP contribution in [0.25, 0.3) is 0 Å². The second-order valence-corrected chi connectivity index (χ2v) is 10.3. The summed E-state index contributed by atoms with van der Waals surface area (Å²) in [7, 11) is 0. The van der Waals surface area contributed by atoms with Crippen LogP contribution in [0.4, 0.5) is 10.5 Å². The van der Waals surface area contributed by atoms with Gasteiger partial charge in [0.1, 0.15) is 18.0 Å². The van der Waals surface area contributed by atoms with Gasteiger partial charge in [-0.1, -0.05) is 54.9 Å². The fourth-order valence-electron chi connectivity index (χ4n) is 5.03. The number of aryl methyl sites for hydroxylation is 1. The SMILES string of the molecule is CCCN(CC(=O)N1CCn2cccc2[C@H]1c1cccc(Oc2ccccc2)c1)C(=O)Nc1ccc(C)c(Cl)c1. The molecule has 0 saturated carbocycles. The zero-order valence-corrected chi connectivity index (χ0v) is 23.5. The van der Waals surface area contributed by atoms with Crippen molar-refractivity contribution in [1.29, 1.82) is 0 Å². The summed E-state index contributed by atoms with van der Waals surface area (Å²) in [6.07, 6.45) is 2.76. The molecule has 1 N–H and O–H groups in total.